The highest BCUT2D eigenvalue weighted by molar-refractivity contribution is 5.99. The van der Waals surface area contributed by atoms with Gasteiger partial charge < -0.3 is 26.8 Å². The first kappa shape index (κ1) is 27.8. The minimum absolute atomic E-state index is 0.111. The number of hydrogen-bond donors (Lipinski definition) is 5. The molecule has 0 fully saturated rings. The number of carbonyl (C=O) groups excluding carboxylic acids is 3. The second-order valence-corrected chi connectivity index (χ2v) is 9.51. The van der Waals surface area contributed by atoms with E-state index in [9.17, 15) is 19.5 Å². The molecule has 9 nitrogen and oxygen atoms in total. The third-order valence-electron chi connectivity index (χ3n) is 5.85. The molecule has 6 N–H and O–H groups in total. The van der Waals surface area contributed by atoms with Crippen LogP contribution in [-0.4, -0.2) is 59.1 Å². The largest absolute Gasteiger partial charge is 0.390 e. The zero-order chi connectivity index (χ0) is 26.8. The third kappa shape index (κ3) is 8.66. The Morgan fingerprint density at radius 1 is 0.919 bits per heavy atom. The summed E-state index contributed by atoms with van der Waals surface area (Å²) in [6.45, 7) is 5.10. The SMILES string of the molecule is CC(C)CNCC(O)C(Cc1ccccc1)NC(=O)[C@H](CC(N)=O)NC(=O)c1ccc2ccccc2n1. The molecule has 3 atom stereocenters. The summed E-state index contributed by atoms with van der Waals surface area (Å²) in [4.78, 5) is 42.3. The van der Waals surface area contributed by atoms with Crippen molar-refractivity contribution in [3.63, 3.8) is 0 Å². The van der Waals surface area contributed by atoms with E-state index in [0.29, 0.717) is 24.4 Å². The summed E-state index contributed by atoms with van der Waals surface area (Å²) in [5, 5.41) is 20.4. The average Bonchev–Trinajstić information content (AvgIpc) is 2.87. The molecule has 2 unspecified atom stereocenters. The van der Waals surface area contributed by atoms with Crippen LogP contribution in [0.2, 0.25) is 0 Å². The zero-order valence-electron chi connectivity index (χ0n) is 21.2. The summed E-state index contributed by atoms with van der Waals surface area (Å²) in [6, 6.07) is 18.2. The number of primary amides is 1. The predicted octanol–water partition coefficient (Wildman–Crippen LogP) is 1.54. The van der Waals surface area contributed by atoms with E-state index < -0.39 is 42.3 Å². The van der Waals surface area contributed by atoms with Crippen molar-refractivity contribution >= 4 is 28.6 Å². The topological polar surface area (TPSA) is 146 Å². The molecular weight excluding hydrogens is 470 g/mol. The van der Waals surface area contributed by atoms with E-state index in [-0.39, 0.29) is 12.2 Å². The number of pyridine rings is 1. The third-order valence-corrected chi connectivity index (χ3v) is 5.85. The maximum atomic E-state index is 13.3. The molecule has 0 bridgehead atoms. The molecule has 2 aromatic carbocycles. The lowest BCUT2D eigenvalue weighted by atomic mass is 10.00. The van der Waals surface area contributed by atoms with Gasteiger partial charge in [0.15, 0.2) is 0 Å². The number of nitrogens with one attached hydrogen (secondary N) is 3. The van der Waals surface area contributed by atoms with Crippen molar-refractivity contribution in [2.75, 3.05) is 13.1 Å². The summed E-state index contributed by atoms with van der Waals surface area (Å²) in [5.74, 6) is -1.57. The minimum Gasteiger partial charge on any atom is -0.390 e. The van der Waals surface area contributed by atoms with Crippen LogP contribution in [0.5, 0.6) is 0 Å². The molecule has 3 amide bonds. The Bertz CT molecular complexity index is 1200. The lowest BCUT2D eigenvalue weighted by molar-refractivity contribution is -0.128. The first-order chi connectivity index (χ1) is 17.7. The van der Waals surface area contributed by atoms with Gasteiger partial charge in [0, 0.05) is 11.9 Å². The van der Waals surface area contributed by atoms with E-state index in [4.69, 9.17) is 5.73 Å². The molecule has 9 heteroatoms. The van der Waals surface area contributed by atoms with Gasteiger partial charge in [-0.2, -0.15) is 0 Å². The van der Waals surface area contributed by atoms with Gasteiger partial charge in [0.25, 0.3) is 5.91 Å². The van der Waals surface area contributed by atoms with Crippen molar-refractivity contribution in [1.29, 1.82) is 0 Å². The van der Waals surface area contributed by atoms with Gasteiger partial charge in [0.1, 0.15) is 11.7 Å². The van der Waals surface area contributed by atoms with Gasteiger partial charge >= 0.3 is 0 Å². The number of benzene rings is 2. The van der Waals surface area contributed by atoms with Crippen LogP contribution in [0.3, 0.4) is 0 Å². The van der Waals surface area contributed by atoms with Crippen LogP contribution in [0.25, 0.3) is 10.9 Å². The molecule has 0 aliphatic rings. The van der Waals surface area contributed by atoms with Crippen molar-refractivity contribution in [2.45, 2.75) is 44.9 Å². The molecule has 1 aromatic heterocycles. The maximum absolute atomic E-state index is 13.3. The highest BCUT2D eigenvalue weighted by Gasteiger charge is 2.29. The summed E-state index contributed by atoms with van der Waals surface area (Å²) >= 11 is 0. The Morgan fingerprint density at radius 3 is 2.32 bits per heavy atom. The first-order valence-corrected chi connectivity index (χ1v) is 12.4. The number of nitrogens with zero attached hydrogens (tertiary/aromatic N) is 1. The summed E-state index contributed by atoms with van der Waals surface area (Å²) in [5.41, 5.74) is 7.05. The van der Waals surface area contributed by atoms with Crippen molar-refractivity contribution < 1.29 is 19.5 Å². The van der Waals surface area contributed by atoms with Crippen molar-refractivity contribution in [3.05, 3.63) is 78.0 Å². The normalized spacial score (nSPS) is 13.6. The molecule has 0 aliphatic carbocycles. The number of amides is 3. The number of aromatic nitrogens is 1. The lowest BCUT2D eigenvalue weighted by Gasteiger charge is -2.27. The van der Waals surface area contributed by atoms with Gasteiger partial charge in [0.05, 0.1) is 24.1 Å². The molecule has 3 rings (SSSR count). The van der Waals surface area contributed by atoms with Crippen LogP contribution in [0.4, 0.5) is 0 Å². The number of para-hydroxylation sites is 1. The van der Waals surface area contributed by atoms with Gasteiger partial charge in [-0.05, 0) is 36.6 Å². The summed E-state index contributed by atoms with van der Waals surface area (Å²) in [6.07, 6.45) is -0.944. The average molecular weight is 506 g/mol. The van der Waals surface area contributed by atoms with E-state index in [1.54, 1.807) is 18.2 Å². The number of hydrogen-bond acceptors (Lipinski definition) is 6. The standard InChI is InChI=1S/C28H35N5O4/c1-18(2)16-30-17-25(34)23(14-19-8-4-3-5-9-19)32-28(37)24(15-26(29)35)33-27(36)22-13-12-20-10-6-7-11-21(20)31-22/h3-13,18,23-25,30,34H,14-17H2,1-2H3,(H2,29,35)(H,32,37)(H,33,36)/t23?,24-,25?/m0/s1. The Balaban J connectivity index is 1.75. The number of aliphatic hydroxyl groups excluding tert-OH is 1. The Kier molecular flexibility index (Phi) is 10.1. The predicted molar refractivity (Wildman–Crippen MR) is 143 cm³/mol. The highest BCUT2D eigenvalue weighted by Crippen LogP contribution is 2.12. The van der Waals surface area contributed by atoms with Crippen LogP contribution in [-0.2, 0) is 16.0 Å². The first-order valence-electron chi connectivity index (χ1n) is 12.4. The Labute approximate surface area is 216 Å². The van der Waals surface area contributed by atoms with E-state index in [0.717, 1.165) is 10.9 Å². The van der Waals surface area contributed by atoms with Crippen LogP contribution < -0.4 is 21.7 Å². The number of rotatable bonds is 13. The second kappa shape index (κ2) is 13.5. The molecule has 0 radical (unpaired) electrons. The monoisotopic (exact) mass is 505 g/mol. The second-order valence-electron chi connectivity index (χ2n) is 9.51. The van der Waals surface area contributed by atoms with E-state index in [1.165, 1.54) is 0 Å². The zero-order valence-corrected chi connectivity index (χ0v) is 21.2. The number of aliphatic hydroxyl groups is 1. The number of fused-ring (bicyclic) bond motifs is 1. The van der Waals surface area contributed by atoms with Crippen LogP contribution in [0, 0.1) is 5.92 Å². The van der Waals surface area contributed by atoms with E-state index >= 15 is 0 Å². The van der Waals surface area contributed by atoms with Crippen LogP contribution in [0.15, 0.2) is 66.7 Å². The maximum Gasteiger partial charge on any atom is 0.270 e. The molecular formula is C28H35N5O4. The molecule has 37 heavy (non-hydrogen) atoms. The van der Waals surface area contributed by atoms with Crippen LogP contribution in [0.1, 0.15) is 36.3 Å². The highest BCUT2D eigenvalue weighted by atomic mass is 16.3. The van der Waals surface area contributed by atoms with Crippen LogP contribution >= 0.6 is 0 Å². The minimum atomic E-state index is -1.23. The fourth-order valence-corrected chi connectivity index (χ4v) is 3.93. The molecule has 0 aliphatic heterocycles. The smallest absolute Gasteiger partial charge is 0.270 e. The number of nitrogens with two attached hydrogens (primary N) is 1. The van der Waals surface area contributed by atoms with Crippen molar-refractivity contribution in [2.24, 2.45) is 11.7 Å². The van der Waals surface area contributed by atoms with Crippen molar-refractivity contribution in [3.8, 4) is 0 Å². The van der Waals surface area contributed by atoms with Gasteiger partial charge in [0.2, 0.25) is 11.8 Å². The molecule has 196 valence electrons. The lowest BCUT2D eigenvalue weighted by Crippen LogP contribution is -2.55. The molecule has 0 saturated heterocycles. The molecule has 0 spiro atoms. The van der Waals surface area contributed by atoms with Gasteiger partial charge in [-0.15, -0.1) is 0 Å². The Morgan fingerprint density at radius 2 is 1.62 bits per heavy atom. The quantitative estimate of drug-likeness (QED) is 0.238. The van der Waals surface area contributed by atoms with Crippen molar-refractivity contribution in [1.82, 2.24) is 20.9 Å². The molecule has 0 saturated carbocycles. The number of carbonyl (C=O) groups is 3. The summed E-state index contributed by atoms with van der Waals surface area (Å²) < 4.78 is 0. The fourth-order valence-electron chi connectivity index (χ4n) is 3.93. The van der Waals surface area contributed by atoms with Gasteiger partial charge in [-0.3, -0.25) is 14.4 Å². The van der Waals surface area contributed by atoms with Gasteiger partial charge in [-0.1, -0.05) is 68.4 Å². The molecule has 1 heterocycles. The summed E-state index contributed by atoms with van der Waals surface area (Å²) in [7, 11) is 0. The van der Waals surface area contributed by atoms with Gasteiger partial charge in [-0.25, -0.2) is 4.98 Å². The van der Waals surface area contributed by atoms with E-state index in [1.807, 2.05) is 48.5 Å². The van der Waals surface area contributed by atoms with E-state index in [2.05, 4.69) is 34.8 Å². The molecule has 3 aromatic rings. The Hall–Kier alpha value is -3.82. The fraction of sp³-hybridized carbons (Fsp3) is 0.357.